The van der Waals surface area contributed by atoms with E-state index in [1.807, 2.05) is 20.8 Å². The van der Waals surface area contributed by atoms with E-state index < -0.39 is 0 Å². The SMILES string of the molecule is CCC(=O)CCOCCOCCNC(=O)CCOCCOC(C)C. The molecule has 0 aliphatic heterocycles. The summed E-state index contributed by atoms with van der Waals surface area (Å²) in [5.74, 6) is 0.146. The maximum absolute atomic E-state index is 11.5. The zero-order valence-corrected chi connectivity index (χ0v) is 15.3. The molecule has 0 saturated heterocycles. The second kappa shape index (κ2) is 16.8. The van der Waals surface area contributed by atoms with Crippen molar-refractivity contribution in [2.75, 3.05) is 52.8 Å². The molecule has 0 unspecified atom stereocenters. The van der Waals surface area contributed by atoms with E-state index in [-0.39, 0.29) is 17.8 Å². The highest BCUT2D eigenvalue weighted by molar-refractivity contribution is 5.78. The maximum atomic E-state index is 11.5. The van der Waals surface area contributed by atoms with Gasteiger partial charge in [-0.1, -0.05) is 6.92 Å². The van der Waals surface area contributed by atoms with Crippen molar-refractivity contribution in [1.82, 2.24) is 5.32 Å². The molecule has 0 radical (unpaired) electrons. The van der Waals surface area contributed by atoms with Crippen LogP contribution in [0.4, 0.5) is 0 Å². The molecule has 7 heteroatoms. The third-order valence-corrected chi connectivity index (χ3v) is 3.01. The first-order chi connectivity index (χ1) is 11.6. The summed E-state index contributed by atoms with van der Waals surface area (Å²) in [6, 6.07) is 0. The van der Waals surface area contributed by atoms with Gasteiger partial charge in [-0.2, -0.15) is 0 Å². The van der Waals surface area contributed by atoms with Crippen molar-refractivity contribution >= 4 is 11.7 Å². The smallest absolute Gasteiger partial charge is 0.222 e. The molecule has 7 nitrogen and oxygen atoms in total. The van der Waals surface area contributed by atoms with Gasteiger partial charge in [-0.25, -0.2) is 0 Å². The third-order valence-electron chi connectivity index (χ3n) is 3.01. The lowest BCUT2D eigenvalue weighted by molar-refractivity contribution is -0.122. The van der Waals surface area contributed by atoms with Crippen molar-refractivity contribution in [1.29, 1.82) is 0 Å². The van der Waals surface area contributed by atoms with Gasteiger partial charge in [0, 0.05) is 25.8 Å². The van der Waals surface area contributed by atoms with Crippen molar-refractivity contribution in [2.45, 2.75) is 46.1 Å². The van der Waals surface area contributed by atoms with Gasteiger partial charge in [-0.3, -0.25) is 9.59 Å². The van der Waals surface area contributed by atoms with Gasteiger partial charge in [0.1, 0.15) is 5.78 Å². The van der Waals surface area contributed by atoms with E-state index in [9.17, 15) is 9.59 Å². The molecular formula is C17H33NO6. The number of hydrogen-bond donors (Lipinski definition) is 1. The predicted octanol–water partition coefficient (Wildman–Crippen LogP) is 1.34. The minimum absolute atomic E-state index is 0.0577. The number of nitrogens with one attached hydrogen (secondary N) is 1. The maximum Gasteiger partial charge on any atom is 0.222 e. The topological polar surface area (TPSA) is 83.1 Å². The van der Waals surface area contributed by atoms with Crippen molar-refractivity contribution in [3.05, 3.63) is 0 Å². The van der Waals surface area contributed by atoms with Gasteiger partial charge in [0.05, 0.1) is 52.4 Å². The second-order valence-corrected chi connectivity index (χ2v) is 5.50. The monoisotopic (exact) mass is 347 g/mol. The fourth-order valence-electron chi connectivity index (χ4n) is 1.65. The van der Waals surface area contributed by atoms with Crippen LogP contribution in [0, 0.1) is 0 Å². The summed E-state index contributed by atoms with van der Waals surface area (Å²) in [6.07, 6.45) is 1.53. The first-order valence-electron chi connectivity index (χ1n) is 8.69. The highest BCUT2D eigenvalue weighted by atomic mass is 16.5. The van der Waals surface area contributed by atoms with Gasteiger partial charge in [0.25, 0.3) is 0 Å². The standard InChI is InChI=1S/C17H33NO6/c1-4-16(19)5-8-21-11-12-23-10-7-18-17(20)6-9-22-13-14-24-15(2)3/h15H,4-14H2,1-3H3,(H,18,20). The molecular weight excluding hydrogens is 314 g/mol. The number of amides is 1. The molecule has 0 atom stereocenters. The summed E-state index contributed by atoms with van der Waals surface area (Å²) >= 11 is 0. The number of hydrogen-bond acceptors (Lipinski definition) is 6. The Labute approximate surface area is 145 Å². The summed E-state index contributed by atoms with van der Waals surface area (Å²) in [5.41, 5.74) is 0. The van der Waals surface area contributed by atoms with Gasteiger partial charge >= 0.3 is 0 Å². The van der Waals surface area contributed by atoms with E-state index in [0.29, 0.717) is 72.1 Å². The Morgan fingerprint density at radius 1 is 0.833 bits per heavy atom. The van der Waals surface area contributed by atoms with Crippen LogP contribution in [0.1, 0.15) is 40.0 Å². The molecule has 24 heavy (non-hydrogen) atoms. The minimum Gasteiger partial charge on any atom is -0.379 e. The highest BCUT2D eigenvalue weighted by Crippen LogP contribution is 1.90. The molecule has 142 valence electrons. The Morgan fingerprint density at radius 3 is 2.04 bits per heavy atom. The van der Waals surface area contributed by atoms with E-state index in [0.717, 1.165) is 0 Å². The molecule has 0 aromatic carbocycles. The molecule has 0 rings (SSSR count). The molecule has 0 spiro atoms. The van der Waals surface area contributed by atoms with Crippen LogP contribution >= 0.6 is 0 Å². The number of ether oxygens (including phenoxy) is 4. The second-order valence-electron chi connectivity index (χ2n) is 5.50. The van der Waals surface area contributed by atoms with Crippen molar-refractivity contribution < 1.29 is 28.5 Å². The molecule has 0 aliphatic rings. The van der Waals surface area contributed by atoms with Crippen molar-refractivity contribution in [3.8, 4) is 0 Å². The molecule has 0 bridgehead atoms. The lowest BCUT2D eigenvalue weighted by Crippen LogP contribution is -2.28. The fraction of sp³-hybridized carbons (Fsp3) is 0.882. The van der Waals surface area contributed by atoms with Gasteiger partial charge in [-0.15, -0.1) is 0 Å². The van der Waals surface area contributed by atoms with Gasteiger partial charge < -0.3 is 24.3 Å². The molecule has 0 fully saturated rings. The van der Waals surface area contributed by atoms with Crippen LogP contribution in [0.25, 0.3) is 0 Å². The van der Waals surface area contributed by atoms with Crippen LogP contribution in [-0.4, -0.2) is 70.6 Å². The zero-order chi connectivity index (χ0) is 18.0. The summed E-state index contributed by atoms with van der Waals surface area (Å²) in [6.45, 7) is 9.45. The van der Waals surface area contributed by atoms with Gasteiger partial charge in [-0.05, 0) is 13.8 Å². The van der Waals surface area contributed by atoms with E-state index in [1.54, 1.807) is 0 Å². The van der Waals surface area contributed by atoms with Crippen LogP contribution in [0.15, 0.2) is 0 Å². The van der Waals surface area contributed by atoms with Crippen LogP contribution in [0.3, 0.4) is 0 Å². The minimum atomic E-state index is -0.0577. The number of Topliss-reactive ketones (excluding diaryl/α,β-unsaturated/α-hetero) is 1. The molecule has 0 aliphatic carbocycles. The van der Waals surface area contributed by atoms with Gasteiger partial charge in [0.2, 0.25) is 5.91 Å². The first kappa shape index (κ1) is 23.0. The number of carbonyl (C=O) groups is 2. The molecule has 0 saturated carbocycles. The van der Waals surface area contributed by atoms with Crippen molar-refractivity contribution in [2.24, 2.45) is 0 Å². The number of rotatable bonds is 17. The molecule has 1 amide bonds. The Balaban J connectivity index is 3.22. The van der Waals surface area contributed by atoms with E-state index in [4.69, 9.17) is 18.9 Å². The predicted molar refractivity (Wildman–Crippen MR) is 91.1 cm³/mol. The summed E-state index contributed by atoms with van der Waals surface area (Å²) in [4.78, 5) is 22.6. The Bertz CT molecular complexity index is 322. The highest BCUT2D eigenvalue weighted by Gasteiger charge is 2.01. The Hall–Kier alpha value is -1.02. The lowest BCUT2D eigenvalue weighted by atomic mass is 10.2. The van der Waals surface area contributed by atoms with E-state index in [1.165, 1.54) is 0 Å². The lowest BCUT2D eigenvalue weighted by Gasteiger charge is -2.09. The quantitative estimate of drug-likeness (QED) is 0.400. The van der Waals surface area contributed by atoms with E-state index >= 15 is 0 Å². The Kier molecular flexibility index (Phi) is 16.1. The third kappa shape index (κ3) is 17.3. The zero-order valence-electron chi connectivity index (χ0n) is 15.3. The molecule has 1 N–H and O–H groups in total. The molecule has 0 aromatic heterocycles. The number of ketones is 1. The molecule has 0 aromatic rings. The van der Waals surface area contributed by atoms with Crippen LogP contribution in [0.5, 0.6) is 0 Å². The summed E-state index contributed by atoms with van der Waals surface area (Å²) in [7, 11) is 0. The van der Waals surface area contributed by atoms with Crippen LogP contribution in [0.2, 0.25) is 0 Å². The fourth-order valence-corrected chi connectivity index (χ4v) is 1.65. The summed E-state index contributed by atoms with van der Waals surface area (Å²) in [5, 5.41) is 2.76. The Morgan fingerprint density at radius 2 is 1.42 bits per heavy atom. The average molecular weight is 347 g/mol. The van der Waals surface area contributed by atoms with Gasteiger partial charge in [0.15, 0.2) is 0 Å². The van der Waals surface area contributed by atoms with Crippen molar-refractivity contribution in [3.63, 3.8) is 0 Å². The summed E-state index contributed by atoms with van der Waals surface area (Å²) < 4.78 is 21.2. The number of carbonyl (C=O) groups excluding carboxylic acids is 2. The van der Waals surface area contributed by atoms with Crippen LogP contribution in [-0.2, 0) is 28.5 Å². The normalized spacial score (nSPS) is 11.0. The first-order valence-corrected chi connectivity index (χ1v) is 8.69. The van der Waals surface area contributed by atoms with E-state index in [2.05, 4.69) is 5.32 Å². The molecule has 0 heterocycles. The largest absolute Gasteiger partial charge is 0.379 e. The average Bonchev–Trinajstić information content (AvgIpc) is 2.55. The van der Waals surface area contributed by atoms with Crippen LogP contribution < -0.4 is 5.32 Å².